The molecule has 0 radical (unpaired) electrons. The van der Waals surface area contributed by atoms with Gasteiger partial charge < -0.3 is 5.11 Å². The number of hydrogen-bond acceptors (Lipinski definition) is 1. The number of unbranched alkanes of at least 4 members (excludes halogenated alkanes) is 14. The third kappa shape index (κ3) is 12.4. The summed E-state index contributed by atoms with van der Waals surface area (Å²) in [5.74, 6) is 0. The molecular formula is C27H46OS. The topological polar surface area (TPSA) is 20.2 Å². The zero-order valence-electron chi connectivity index (χ0n) is 19.3. The average molecular weight is 419 g/mol. The van der Waals surface area contributed by atoms with Crippen molar-refractivity contribution in [3.63, 3.8) is 0 Å². The van der Waals surface area contributed by atoms with Gasteiger partial charge in [0.2, 0.25) is 0 Å². The Labute approximate surface area is 186 Å². The summed E-state index contributed by atoms with van der Waals surface area (Å²) in [4.78, 5) is 0. The molecule has 0 bridgehead atoms. The number of thiocarbonyl (C=S) groups is 1. The van der Waals surface area contributed by atoms with E-state index in [0.717, 1.165) is 18.4 Å². The normalized spacial score (nSPS) is 11.1. The summed E-state index contributed by atoms with van der Waals surface area (Å²) in [7, 11) is 0. The lowest BCUT2D eigenvalue weighted by Crippen LogP contribution is -2.06. The van der Waals surface area contributed by atoms with Crippen molar-refractivity contribution < 1.29 is 5.11 Å². The number of benzene rings is 1. The van der Waals surface area contributed by atoms with E-state index in [1.807, 2.05) is 6.07 Å². The van der Waals surface area contributed by atoms with E-state index in [4.69, 9.17) is 12.2 Å². The molecular weight excluding hydrogens is 372 g/mol. The summed E-state index contributed by atoms with van der Waals surface area (Å²) in [6.45, 7) is 4.55. The zero-order chi connectivity index (χ0) is 21.2. The lowest BCUT2D eigenvalue weighted by Gasteiger charge is -2.14. The van der Waals surface area contributed by atoms with E-state index >= 15 is 0 Å². The molecule has 29 heavy (non-hydrogen) atoms. The van der Waals surface area contributed by atoms with Crippen LogP contribution < -0.4 is 0 Å². The van der Waals surface area contributed by atoms with Crippen molar-refractivity contribution in [1.82, 2.24) is 0 Å². The van der Waals surface area contributed by atoms with Crippen molar-refractivity contribution in [2.45, 2.75) is 129 Å². The Hall–Kier alpha value is -0.890. The van der Waals surface area contributed by atoms with Gasteiger partial charge in [0.05, 0.1) is 0 Å². The second kappa shape index (κ2) is 17.9. The van der Waals surface area contributed by atoms with Gasteiger partial charge in [-0.25, -0.2) is 0 Å². The predicted molar refractivity (Wildman–Crippen MR) is 133 cm³/mol. The van der Waals surface area contributed by atoms with Gasteiger partial charge in [0.1, 0.15) is 0 Å². The summed E-state index contributed by atoms with van der Waals surface area (Å²) in [5.41, 5.74) is 3.63. The first-order valence-electron chi connectivity index (χ1n) is 12.5. The van der Waals surface area contributed by atoms with Gasteiger partial charge in [0, 0.05) is 5.56 Å². The minimum atomic E-state index is 0.0670. The first-order chi connectivity index (χ1) is 14.2. The van der Waals surface area contributed by atoms with Crippen molar-refractivity contribution >= 4 is 17.3 Å². The highest BCUT2D eigenvalue weighted by atomic mass is 32.1. The van der Waals surface area contributed by atoms with E-state index in [-0.39, 0.29) is 5.05 Å². The third-order valence-electron chi connectivity index (χ3n) is 6.08. The van der Waals surface area contributed by atoms with Crippen LogP contribution in [0.1, 0.15) is 133 Å². The number of aliphatic hydroxyl groups excluding tert-OH is 1. The van der Waals surface area contributed by atoms with Gasteiger partial charge in [-0.1, -0.05) is 122 Å². The van der Waals surface area contributed by atoms with Crippen LogP contribution in [0.5, 0.6) is 0 Å². The van der Waals surface area contributed by atoms with Gasteiger partial charge in [-0.05, 0) is 49.0 Å². The fraction of sp³-hybridized carbons (Fsp3) is 0.741. The number of aryl methyl sites for hydroxylation is 1. The molecule has 166 valence electrons. The fourth-order valence-electron chi connectivity index (χ4n) is 4.25. The van der Waals surface area contributed by atoms with E-state index in [1.54, 1.807) is 0 Å². The second-order valence-corrected chi connectivity index (χ2v) is 9.08. The van der Waals surface area contributed by atoms with Crippen molar-refractivity contribution in [2.75, 3.05) is 0 Å². The zero-order valence-corrected chi connectivity index (χ0v) is 20.1. The van der Waals surface area contributed by atoms with Crippen molar-refractivity contribution in [3.05, 3.63) is 34.9 Å². The Kier molecular flexibility index (Phi) is 16.2. The van der Waals surface area contributed by atoms with Gasteiger partial charge in [-0.2, -0.15) is 0 Å². The number of hydrogen-bond donors (Lipinski definition) is 1. The molecule has 0 aliphatic rings. The highest BCUT2D eigenvalue weighted by molar-refractivity contribution is 7.80. The molecule has 0 saturated carbocycles. The molecule has 0 heterocycles. The Morgan fingerprint density at radius 1 is 0.655 bits per heavy atom. The first-order valence-corrected chi connectivity index (χ1v) is 13.0. The molecule has 0 fully saturated rings. The summed E-state index contributed by atoms with van der Waals surface area (Å²) in [6, 6.07) is 6.32. The second-order valence-electron chi connectivity index (χ2n) is 8.70. The van der Waals surface area contributed by atoms with Gasteiger partial charge >= 0.3 is 0 Å². The Morgan fingerprint density at radius 2 is 1.10 bits per heavy atom. The smallest absolute Gasteiger partial charge is 0.188 e. The molecule has 1 rings (SSSR count). The quantitative estimate of drug-likeness (QED) is 0.178. The van der Waals surface area contributed by atoms with Gasteiger partial charge in [-0.15, -0.1) is 0 Å². The van der Waals surface area contributed by atoms with E-state index in [1.165, 1.54) is 114 Å². The lowest BCUT2D eigenvalue weighted by atomic mass is 9.92. The molecule has 2 heteroatoms. The van der Waals surface area contributed by atoms with Crippen LogP contribution >= 0.6 is 12.2 Å². The van der Waals surface area contributed by atoms with Gasteiger partial charge in [0.25, 0.3) is 0 Å². The summed E-state index contributed by atoms with van der Waals surface area (Å²) >= 11 is 5.13. The van der Waals surface area contributed by atoms with E-state index in [2.05, 4.69) is 26.0 Å². The summed E-state index contributed by atoms with van der Waals surface area (Å²) < 4.78 is 0. The Bertz CT molecular complexity index is 537. The van der Waals surface area contributed by atoms with Crippen LogP contribution in [0.25, 0.3) is 0 Å². The van der Waals surface area contributed by atoms with Crippen LogP contribution in [0.15, 0.2) is 18.2 Å². The Morgan fingerprint density at radius 3 is 1.59 bits per heavy atom. The Balaban J connectivity index is 2.39. The first kappa shape index (κ1) is 26.1. The number of aliphatic hydroxyl groups is 1. The van der Waals surface area contributed by atoms with Crippen LogP contribution in [-0.2, 0) is 12.8 Å². The van der Waals surface area contributed by atoms with Crippen LogP contribution in [0.4, 0.5) is 0 Å². The maximum absolute atomic E-state index is 10.00. The van der Waals surface area contributed by atoms with E-state index in [0.29, 0.717) is 0 Å². The van der Waals surface area contributed by atoms with Crippen LogP contribution in [0, 0.1) is 0 Å². The average Bonchev–Trinajstić information content (AvgIpc) is 2.72. The maximum atomic E-state index is 10.00. The van der Waals surface area contributed by atoms with E-state index < -0.39 is 0 Å². The monoisotopic (exact) mass is 418 g/mol. The molecule has 0 aliphatic heterocycles. The molecule has 0 aromatic heterocycles. The molecule has 1 aromatic rings. The van der Waals surface area contributed by atoms with Crippen LogP contribution in [-0.4, -0.2) is 10.2 Å². The van der Waals surface area contributed by atoms with Crippen molar-refractivity contribution in [1.29, 1.82) is 0 Å². The van der Waals surface area contributed by atoms with Crippen molar-refractivity contribution in [2.24, 2.45) is 0 Å². The minimum Gasteiger partial charge on any atom is -0.499 e. The van der Waals surface area contributed by atoms with Crippen LogP contribution in [0.2, 0.25) is 0 Å². The number of rotatable bonds is 19. The highest BCUT2D eigenvalue weighted by Gasteiger charge is 2.11. The maximum Gasteiger partial charge on any atom is 0.188 e. The SMILES string of the molecule is CCCCCCCCCCc1cccc(C(O)=S)c1CCCCCCCCCC. The van der Waals surface area contributed by atoms with Gasteiger partial charge in [0.15, 0.2) is 5.05 Å². The van der Waals surface area contributed by atoms with E-state index in [9.17, 15) is 5.11 Å². The molecule has 0 aliphatic carbocycles. The lowest BCUT2D eigenvalue weighted by molar-refractivity contribution is 0.564. The predicted octanol–water partition coefficient (Wildman–Crippen LogP) is 9.29. The largest absolute Gasteiger partial charge is 0.499 e. The standard InChI is InChI=1S/C27H46OS/c1-3-5-7-9-11-13-15-17-20-24-21-19-23-26(27(28)29)25(24)22-18-16-14-12-10-8-6-4-2/h19,21,23H,3-18,20,22H2,1-2H3,(H,28,29). The molecule has 0 spiro atoms. The molecule has 1 N–H and O–H groups in total. The van der Waals surface area contributed by atoms with Gasteiger partial charge in [-0.3, -0.25) is 0 Å². The molecule has 0 amide bonds. The molecule has 0 saturated heterocycles. The summed E-state index contributed by atoms with van der Waals surface area (Å²) in [5, 5.41) is 10.1. The molecule has 0 unspecified atom stereocenters. The molecule has 1 nitrogen and oxygen atoms in total. The van der Waals surface area contributed by atoms with Crippen LogP contribution in [0.3, 0.4) is 0 Å². The molecule has 1 aromatic carbocycles. The van der Waals surface area contributed by atoms with Crippen molar-refractivity contribution in [3.8, 4) is 0 Å². The summed E-state index contributed by atoms with van der Waals surface area (Å²) in [6.07, 6.45) is 23.6. The molecule has 0 atom stereocenters. The highest BCUT2D eigenvalue weighted by Crippen LogP contribution is 2.22. The third-order valence-corrected chi connectivity index (χ3v) is 6.30. The minimum absolute atomic E-state index is 0.0670. The fourth-order valence-corrected chi connectivity index (χ4v) is 4.44.